The molecular weight excluding hydrogens is 735 g/mol. The summed E-state index contributed by atoms with van der Waals surface area (Å²) in [6, 6.07) is 7.18. The summed E-state index contributed by atoms with van der Waals surface area (Å²) in [5.74, 6) is -2.24. The number of carboxylic acids is 1. The smallest absolute Gasteiger partial charge is 0.435 e. The molecule has 1 aliphatic rings. The van der Waals surface area contributed by atoms with E-state index in [2.05, 4.69) is 20.4 Å². The van der Waals surface area contributed by atoms with Crippen LogP contribution in [0.1, 0.15) is 45.9 Å². The van der Waals surface area contributed by atoms with Crippen molar-refractivity contribution in [2.45, 2.75) is 25.4 Å². The maximum Gasteiger partial charge on any atom is 0.435 e. The van der Waals surface area contributed by atoms with Crippen molar-refractivity contribution in [1.29, 1.82) is 0 Å². The van der Waals surface area contributed by atoms with Gasteiger partial charge in [-0.3, -0.25) is 24.1 Å². The first kappa shape index (κ1) is 39.7. The maximum absolute atomic E-state index is 14.0. The quantitative estimate of drug-likeness (QED) is 0.146. The lowest BCUT2D eigenvalue weighted by atomic mass is 10.1. The minimum atomic E-state index is -4.83. The number of nitrogens with one attached hydrogen (secondary N) is 1. The van der Waals surface area contributed by atoms with Gasteiger partial charge in [-0.1, -0.05) is 11.6 Å². The van der Waals surface area contributed by atoms with Gasteiger partial charge in [0, 0.05) is 51.5 Å². The molecule has 1 aliphatic heterocycles. The van der Waals surface area contributed by atoms with Crippen LogP contribution in [0.25, 0.3) is 17.1 Å². The van der Waals surface area contributed by atoms with Gasteiger partial charge in [0.2, 0.25) is 5.91 Å². The molecule has 54 heavy (non-hydrogen) atoms. The molecule has 0 aliphatic carbocycles. The second-order valence-electron chi connectivity index (χ2n) is 12.5. The largest absolute Gasteiger partial charge is 0.480 e. The molecule has 1 saturated heterocycles. The average molecular weight is 774 g/mol. The molecule has 6 N–H and O–H groups in total. The number of nitrogens with zero attached hydrogens (tertiary/aromatic N) is 8. The van der Waals surface area contributed by atoms with E-state index in [1.165, 1.54) is 48.1 Å². The van der Waals surface area contributed by atoms with E-state index in [9.17, 15) is 32.3 Å². The van der Waals surface area contributed by atoms with Crippen molar-refractivity contribution < 1.29 is 37.5 Å². The van der Waals surface area contributed by atoms with Gasteiger partial charge in [-0.25, -0.2) is 14.6 Å². The van der Waals surface area contributed by atoms with E-state index in [-0.39, 0.29) is 77.0 Å². The number of nitrogens with two attached hydrogens (primary N) is 2. The highest BCUT2D eigenvalue weighted by Gasteiger charge is 2.39. The molecule has 5 rings (SSSR count). The molecule has 4 heterocycles. The number of anilines is 2. The third-order valence-corrected chi connectivity index (χ3v) is 9.05. The molecular formula is C34H39ClF3N11O5. The normalized spacial score (nSPS) is 13.4. The molecule has 0 unspecified atom stereocenters. The fourth-order valence-corrected chi connectivity index (χ4v) is 6.22. The fourth-order valence-electron chi connectivity index (χ4n) is 5.96. The third-order valence-electron chi connectivity index (χ3n) is 8.73. The molecule has 4 aromatic rings. The van der Waals surface area contributed by atoms with Gasteiger partial charge in [0.15, 0.2) is 17.3 Å². The zero-order valence-electron chi connectivity index (χ0n) is 29.2. The number of imidazole rings is 1. The summed E-state index contributed by atoms with van der Waals surface area (Å²) in [5.41, 5.74) is 10.3. The Balaban J connectivity index is 1.18. The van der Waals surface area contributed by atoms with Crippen molar-refractivity contribution >= 4 is 46.7 Å². The average Bonchev–Trinajstić information content (AvgIpc) is 3.74. The lowest BCUT2D eigenvalue weighted by Crippen LogP contribution is -2.50. The number of amides is 3. The van der Waals surface area contributed by atoms with Gasteiger partial charge in [-0.05, 0) is 62.8 Å². The number of pyridine rings is 1. The number of benzene rings is 1. The number of aliphatic carboxylic acids is 1. The molecule has 0 spiro atoms. The molecule has 20 heteroatoms. The summed E-state index contributed by atoms with van der Waals surface area (Å²) in [6.45, 7) is 2.49. The Morgan fingerprint density at radius 1 is 1.00 bits per heavy atom. The van der Waals surface area contributed by atoms with E-state index >= 15 is 0 Å². The van der Waals surface area contributed by atoms with Crippen LogP contribution in [-0.2, 0) is 22.8 Å². The predicted octanol–water partition coefficient (Wildman–Crippen LogP) is 2.97. The van der Waals surface area contributed by atoms with Crippen LogP contribution < -0.4 is 16.8 Å². The summed E-state index contributed by atoms with van der Waals surface area (Å²) in [6.07, 6.45) is 0.109. The molecule has 0 atom stereocenters. The molecule has 1 aromatic carbocycles. The van der Waals surface area contributed by atoms with Crippen molar-refractivity contribution in [3.8, 4) is 17.1 Å². The van der Waals surface area contributed by atoms with Crippen molar-refractivity contribution in [2.75, 3.05) is 63.4 Å². The van der Waals surface area contributed by atoms with Crippen molar-refractivity contribution in [3.63, 3.8) is 0 Å². The Morgan fingerprint density at radius 2 is 1.70 bits per heavy atom. The number of rotatable bonds is 14. The number of halogens is 4. The molecule has 0 saturated carbocycles. The highest BCUT2D eigenvalue weighted by molar-refractivity contribution is 6.34. The van der Waals surface area contributed by atoms with E-state index < -0.39 is 23.7 Å². The summed E-state index contributed by atoms with van der Waals surface area (Å²) in [4.78, 5) is 63.6. The Hall–Kier alpha value is -5.53. The topological polar surface area (TPSA) is 211 Å². The van der Waals surface area contributed by atoms with E-state index in [0.29, 0.717) is 51.3 Å². The zero-order chi connectivity index (χ0) is 39.2. The van der Waals surface area contributed by atoms with Gasteiger partial charge in [-0.15, -0.1) is 0 Å². The number of piperazine rings is 1. The SMILES string of the molecule is Cn1c(-c2cn(-c3ccc(N)cn3)nc2C(F)(F)F)cnc1C(=O)Nc1ccc(C(=O)N2CCN(C(=O)CCCN(CCCN)CC(=O)O)CC2)c(Cl)c1. The van der Waals surface area contributed by atoms with Crippen molar-refractivity contribution in [2.24, 2.45) is 12.8 Å². The van der Waals surface area contributed by atoms with Gasteiger partial charge in [0.1, 0.15) is 0 Å². The second-order valence-corrected chi connectivity index (χ2v) is 13.0. The first-order chi connectivity index (χ1) is 25.7. The van der Waals surface area contributed by atoms with E-state index in [1.807, 2.05) is 0 Å². The number of hydrogen-bond acceptors (Lipinski definition) is 10. The lowest BCUT2D eigenvalue weighted by Gasteiger charge is -2.35. The number of carbonyl (C=O) groups excluding carboxylic acids is 3. The van der Waals surface area contributed by atoms with Crippen LogP contribution in [0, 0.1) is 0 Å². The fraction of sp³-hybridized carbons (Fsp3) is 0.382. The Bertz CT molecular complexity index is 1990. The number of hydrogen-bond donors (Lipinski definition) is 4. The van der Waals surface area contributed by atoms with Gasteiger partial charge in [0.05, 0.1) is 46.5 Å². The molecule has 288 valence electrons. The zero-order valence-corrected chi connectivity index (χ0v) is 30.0. The van der Waals surface area contributed by atoms with Gasteiger partial charge in [-0.2, -0.15) is 18.3 Å². The number of carboxylic acid groups (broad SMARTS) is 1. The van der Waals surface area contributed by atoms with Crippen LogP contribution in [0.15, 0.2) is 48.9 Å². The van der Waals surface area contributed by atoms with E-state index in [0.717, 1.165) is 17.1 Å². The molecule has 16 nitrogen and oxygen atoms in total. The molecule has 3 aromatic heterocycles. The number of aromatic nitrogens is 5. The first-order valence-electron chi connectivity index (χ1n) is 16.9. The van der Waals surface area contributed by atoms with Crippen molar-refractivity contribution in [3.05, 3.63) is 71.0 Å². The summed E-state index contributed by atoms with van der Waals surface area (Å²) >= 11 is 6.48. The van der Waals surface area contributed by atoms with Crippen molar-refractivity contribution in [1.82, 2.24) is 39.0 Å². The number of nitrogen functional groups attached to an aromatic ring is 1. The third kappa shape index (κ3) is 9.52. The Morgan fingerprint density at radius 3 is 2.33 bits per heavy atom. The highest BCUT2D eigenvalue weighted by Crippen LogP contribution is 2.37. The number of carbonyl (C=O) groups is 4. The van der Waals surface area contributed by atoms with Gasteiger partial charge < -0.3 is 36.3 Å². The number of alkyl halides is 3. The van der Waals surface area contributed by atoms with Crippen LogP contribution in [0.5, 0.6) is 0 Å². The molecule has 3 amide bonds. The van der Waals surface area contributed by atoms with Crippen LogP contribution >= 0.6 is 11.6 Å². The van der Waals surface area contributed by atoms with E-state index in [1.54, 1.807) is 14.7 Å². The molecule has 0 radical (unpaired) electrons. The summed E-state index contributed by atoms with van der Waals surface area (Å²) < 4.78 is 44.2. The standard InChI is InChI=1S/C34H39ClF3N11O5/c1-45-26(24-19-49(44-30(24)34(36,37)38)27-8-5-21(40)17-41-27)18-42-31(45)32(53)43-22-6-7-23(25(35)16-22)33(54)48-14-12-47(13-15-48)28(50)4-2-10-46(11-3-9-39)20-29(51)52/h5-8,16-19H,2-4,9-15,20,39-40H2,1H3,(H,43,53)(H,51,52). The monoisotopic (exact) mass is 773 g/mol. The van der Waals surface area contributed by atoms with Gasteiger partial charge in [0.25, 0.3) is 11.8 Å². The Kier molecular flexibility index (Phi) is 12.5. The molecule has 1 fully saturated rings. The first-order valence-corrected chi connectivity index (χ1v) is 17.3. The molecule has 0 bridgehead atoms. The predicted molar refractivity (Wildman–Crippen MR) is 192 cm³/mol. The minimum absolute atomic E-state index is 0.0318. The minimum Gasteiger partial charge on any atom is -0.480 e. The Labute approximate surface area is 312 Å². The van der Waals surface area contributed by atoms with E-state index in [4.69, 9.17) is 28.2 Å². The highest BCUT2D eigenvalue weighted by atomic mass is 35.5. The van der Waals surface area contributed by atoms with Crippen LogP contribution in [0.3, 0.4) is 0 Å². The van der Waals surface area contributed by atoms with Crippen LogP contribution in [0.4, 0.5) is 24.5 Å². The second kappa shape index (κ2) is 17.1. The van der Waals surface area contributed by atoms with Crippen LogP contribution in [-0.4, -0.2) is 120 Å². The van der Waals surface area contributed by atoms with Crippen LogP contribution in [0.2, 0.25) is 5.02 Å². The van der Waals surface area contributed by atoms with Gasteiger partial charge >= 0.3 is 12.1 Å². The lowest BCUT2D eigenvalue weighted by molar-refractivity contribution is -0.141. The summed E-state index contributed by atoms with van der Waals surface area (Å²) in [5, 5.41) is 15.5. The maximum atomic E-state index is 14.0. The summed E-state index contributed by atoms with van der Waals surface area (Å²) in [7, 11) is 1.39.